The summed E-state index contributed by atoms with van der Waals surface area (Å²) in [6.07, 6.45) is 2.21. The van der Waals surface area contributed by atoms with Gasteiger partial charge in [0.15, 0.2) is 6.20 Å². The van der Waals surface area contributed by atoms with Crippen LogP contribution in [0.5, 0.6) is 0 Å². The third-order valence-corrected chi connectivity index (χ3v) is 10.9. The zero-order valence-corrected chi connectivity index (χ0v) is 21.8. The molecule has 0 unspecified atom stereocenters. The van der Waals surface area contributed by atoms with E-state index in [1.165, 1.54) is 54.7 Å². The Morgan fingerprint density at radius 1 is 0.647 bits per heavy atom. The molecule has 0 aliphatic carbocycles. The smallest absolute Gasteiger partial charge is 0.200 e. The van der Waals surface area contributed by atoms with Crippen molar-refractivity contribution in [3.8, 4) is 22.4 Å². The Morgan fingerprint density at radius 2 is 1.32 bits per heavy atom. The standard InChI is InChI=1S/C32H32NSi/c1-23-20-27(25-12-8-6-9-13-25)22-31(24(23)2)32-30-17-16-29(21-26(30)18-19-33(32)3)34(4,5)28-14-10-7-11-15-28/h6-22H,1-5H3/q+1. The quantitative estimate of drug-likeness (QED) is 0.216. The van der Waals surface area contributed by atoms with Crippen molar-refractivity contribution in [1.29, 1.82) is 0 Å². The molecule has 0 spiro atoms. The highest BCUT2D eigenvalue weighted by atomic mass is 28.3. The summed E-state index contributed by atoms with van der Waals surface area (Å²) in [7, 11) is 0.399. The first-order chi connectivity index (χ1) is 16.4. The molecule has 0 radical (unpaired) electrons. The van der Waals surface area contributed by atoms with Gasteiger partial charge in [-0.3, -0.25) is 0 Å². The molecule has 0 saturated carbocycles. The Hall–Kier alpha value is -3.49. The zero-order chi connectivity index (χ0) is 23.9. The average molecular weight is 459 g/mol. The molecule has 0 saturated heterocycles. The number of hydrogen-bond donors (Lipinski definition) is 0. The molecule has 0 amide bonds. The van der Waals surface area contributed by atoms with E-state index in [1.807, 2.05) is 0 Å². The Balaban J connectivity index is 1.70. The van der Waals surface area contributed by atoms with Gasteiger partial charge in [-0.05, 0) is 53.6 Å². The Kier molecular flexibility index (Phi) is 5.71. The van der Waals surface area contributed by atoms with E-state index >= 15 is 0 Å². The van der Waals surface area contributed by atoms with Crippen LogP contribution < -0.4 is 14.9 Å². The number of nitrogens with zero attached hydrogens (tertiary/aromatic N) is 1. The molecule has 0 atom stereocenters. The monoisotopic (exact) mass is 458 g/mol. The maximum absolute atomic E-state index is 2.45. The average Bonchev–Trinajstić information content (AvgIpc) is 2.86. The first-order valence-corrected chi connectivity index (χ1v) is 15.0. The molecule has 0 fully saturated rings. The first-order valence-electron chi connectivity index (χ1n) is 12.0. The van der Waals surface area contributed by atoms with Crippen LogP contribution in [0.25, 0.3) is 33.2 Å². The van der Waals surface area contributed by atoms with Crippen LogP contribution in [-0.4, -0.2) is 8.07 Å². The van der Waals surface area contributed by atoms with Crippen LogP contribution in [0, 0.1) is 13.8 Å². The SMILES string of the molecule is Cc1cc(-c2ccccc2)cc(-c2c3ccc([Si](C)(C)c4ccccc4)cc3cc[n+]2C)c1C. The number of hydrogen-bond acceptors (Lipinski definition) is 0. The predicted octanol–water partition coefficient (Wildman–Crippen LogP) is 6.44. The van der Waals surface area contributed by atoms with Gasteiger partial charge in [-0.1, -0.05) is 102 Å². The molecule has 0 N–H and O–H groups in total. The lowest BCUT2D eigenvalue weighted by atomic mass is 9.92. The topological polar surface area (TPSA) is 3.88 Å². The Labute approximate surface area is 204 Å². The molecule has 34 heavy (non-hydrogen) atoms. The number of benzene rings is 4. The highest BCUT2D eigenvalue weighted by molar-refractivity contribution is 7.00. The third kappa shape index (κ3) is 3.89. The number of aryl methyl sites for hydroxylation is 2. The van der Waals surface area contributed by atoms with Gasteiger partial charge < -0.3 is 0 Å². The lowest BCUT2D eigenvalue weighted by molar-refractivity contribution is -0.659. The van der Waals surface area contributed by atoms with Gasteiger partial charge in [-0.25, -0.2) is 4.57 Å². The van der Waals surface area contributed by atoms with E-state index in [1.54, 1.807) is 0 Å². The zero-order valence-electron chi connectivity index (χ0n) is 20.8. The number of rotatable bonds is 4. The fraction of sp³-hybridized carbons (Fsp3) is 0.156. The van der Waals surface area contributed by atoms with Crippen LogP contribution in [-0.2, 0) is 7.05 Å². The summed E-state index contributed by atoms with van der Waals surface area (Å²) in [5, 5.41) is 5.55. The van der Waals surface area contributed by atoms with Gasteiger partial charge in [0, 0.05) is 6.07 Å². The fourth-order valence-electron chi connectivity index (χ4n) is 5.02. The van der Waals surface area contributed by atoms with Crippen LogP contribution in [0.4, 0.5) is 0 Å². The van der Waals surface area contributed by atoms with E-state index in [9.17, 15) is 0 Å². The van der Waals surface area contributed by atoms with Crippen molar-refractivity contribution in [3.05, 3.63) is 114 Å². The van der Waals surface area contributed by atoms with Crippen molar-refractivity contribution in [2.75, 3.05) is 0 Å². The van der Waals surface area contributed by atoms with Gasteiger partial charge in [-0.2, -0.15) is 0 Å². The fourth-order valence-corrected chi connectivity index (χ4v) is 7.40. The maximum atomic E-state index is 2.45. The summed E-state index contributed by atoms with van der Waals surface area (Å²) in [4.78, 5) is 0. The van der Waals surface area contributed by atoms with Crippen LogP contribution in [0.2, 0.25) is 13.1 Å². The Morgan fingerprint density at radius 3 is 2.03 bits per heavy atom. The second-order valence-electron chi connectivity index (χ2n) is 9.90. The Bertz CT molecular complexity index is 1480. The minimum atomic E-state index is -1.76. The molecule has 5 aromatic rings. The van der Waals surface area contributed by atoms with Crippen molar-refractivity contribution < 1.29 is 4.57 Å². The molecular formula is C32H32NSi+. The van der Waals surface area contributed by atoms with Gasteiger partial charge in [0.1, 0.15) is 15.1 Å². The van der Waals surface area contributed by atoms with Crippen LogP contribution in [0.1, 0.15) is 11.1 Å². The van der Waals surface area contributed by atoms with Crippen LogP contribution in [0.15, 0.2) is 103 Å². The third-order valence-electron chi connectivity index (χ3n) is 7.38. The molecule has 2 heteroatoms. The largest absolute Gasteiger partial charge is 0.220 e. The highest BCUT2D eigenvalue weighted by Crippen LogP contribution is 2.33. The molecule has 1 nitrogen and oxygen atoms in total. The van der Waals surface area contributed by atoms with Crippen LogP contribution in [0.3, 0.4) is 0 Å². The number of fused-ring (bicyclic) bond motifs is 1. The molecule has 0 bridgehead atoms. The molecular weight excluding hydrogens is 426 g/mol. The van der Waals surface area contributed by atoms with E-state index in [2.05, 4.69) is 142 Å². The van der Waals surface area contributed by atoms with E-state index in [0.29, 0.717) is 0 Å². The van der Waals surface area contributed by atoms with Crippen molar-refractivity contribution in [2.45, 2.75) is 26.9 Å². The van der Waals surface area contributed by atoms with Crippen molar-refractivity contribution in [1.82, 2.24) is 0 Å². The molecule has 1 aromatic heterocycles. The predicted molar refractivity (Wildman–Crippen MR) is 149 cm³/mol. The van der Waals surface area contributed by atoms with Crippen molar-refractivity contribution in [2.24, 2.45) is 7.05 Å². The number of pyridine rings is 1. The van der Waals surface area contributed by atoms with Crippen molar-refractivity contribution in [3.63, 3.8) is 0 Å². The lowest BCUT2D eigenvalue weighted by Crippen LogP contribution is -2.52. The van der Waals surface area contributed by atoms with E-state index in [4.69, 9.17) is 0 Å². The summed E-state index contributed by atoms with van der Waals surface area (Å²) < 4.78 is 2.28. The maximum Gasteiger partial charge on any atom is 0.220 e. The number of aromatic nitrogens is 1. The van der Waals surface area contributed by atoms with Gasteiger partial charge >= 0.3 is 0 Å². The van der Waals surface area contributed by atoms with Gasteiger partial charge in [0.2, 0.25) is 5.69 Å². The summed E-state index contributed by atoms with van der Waals surface area (Å²) >= 11 is 0. The lowest BCUT2D eigenvalue weighted by Gasteiger charge is -2.24. The van der Waals surface area contributed by atoms with E-state index < -0.39 is 8.07 Å². The molecule has 0 aliphatic rings. The van der Waals surface area contributed by atoms with Gasteiger partial charge in [0.05, 0.1) is 10.9 Å². The highest BCUT2D eigenvalue weighted by Gasteiger charge is 2.27. The minimum absolute atomic E-state index is 1.26. The van der Waals surface area contributed by atoms with E-state index in [0.717, 1.165) is 0 Å². The van der Waals surface area contributed by atoms with Gasteiger partial charge in [0.25, 0.3) is 0 Å². The minimum Gasteiger partial charge on any atom is -0.200 e. The molecule has 1 heterocycles. The van der Waals surface area contributed by atoms with E-state index in [-0.39, 0.29) is 0 Å². The molecule has 4 aromatic carbocycles. The summed E-state index contributed by atoms with van der Waals surface area (Å²) in [5.41, 5.74) is 7.77. The second-order valence-corrected chi connectivity index (χ2v) is 14.3. The summed E-state index contributed by atoms with van der Waals surface area (Å²) in [6, 6.07) is 35.8. The van der Waals surface area contributed by atoms with Crippen LogP contribution >= 0.6 is 0 Å². The first kappa shape index (κ1) is 22.3. The normalized spacial score (nSPS) is 11.7. The molecule has 5 rings (SSSR count). The molecule has 0 aliphatic heterocycles. The van der Waals surface area contributed by atoms with Gasteiger partial charge in [-0.15, -0.1) is 0 Å². The van der Waals surface area contributed by atoms with Crippen molar-refractivity contribution >= 4 is 29.2 Å². The summed E-state index contributed by atoms with van der Waals surface area (Å²) in [5.74, 6) is 0. The molecule has 168 valence electrons. The summed E-state index contributed by atoms with van der Waals surface area (Å²) in [6.45, 7) is 9.37. The second kappa shape index (κ2) is 8.70.